The van der Waals surface area contributed by atoms with Crippen LogP contribution in [0.4, 0.5) is 0 Å². The van der Waals surface area contributed by atoms with Gasteiger partial charge in [0.15, 0.2) is 23.0 Å². The van der Waals surface area contributed by atoms with Crippen molar-refractivity contribution in [2.24, 2.45) is 14.1 Å². The summed E-state index contributed by atoms with van der Waals surface area (Å²) in [7, 11) is -3.52. The van der Waals surface area contributed by atoms with Gasteiger partial charge in [0.25, 0.3) is 20.0 Å². The quantitative estimate of drug-likeness (QED) is 0.0863. The van der Waals surface area contributed by atoms with Gasteiger partial charge in [0.05, 0.1) is 39.9 Å². The largest absolute Gasteiger partial charge is 0.478 e. The highest BCUT2D eigenvalue weighted by Gasteiger charge is 2.34. The van der Waals surface area contributed by atoms with Gasteiger partial charge in [-0.1, -0.05) is 76.2 Å². The van der Waals surface area contributed by atoms with E-state index in [9.17, 15) is 41.1 Å². The first-order chi connectivity index (χ1) is 36.6. The lowest BCUT2D eigenvalue weighted by atomic mass is 9.90. The lowest BCUT2D eigenvalue weighted by molar-refractivity contribution is -0.120. The number of ether oxygens (including phenoxy) is 5. The highest BCUT2D eigenvalue weighted by atomic mass is 32.2. The van der Waals surface area contributed by atoms with Gasteiger partial charge < -0.3 is 37.9 Å². The Bertz CT molecular complexity index is 3860. The zero-order valence-corrected chi connectivity index (χ0v) is 44.5. The van der Waals surface area contributed by atoms with Gasteiger partial charge in [-0.25, -0.2) is 35.9 Å². The number of methoxy groups -OCH3 is 1. The number of fused-ring (bicyclic) bond motifs is 4. The van der Waals surface area contributed by atoms with Crippen LogP contribution in [0.25, 0.3) is 21.8 Å². The molecule has 8 aromatic rings. The Morgan fingerprint density at radius 1 is 0.519 bits per heavy atom. The van der Waals surface area contributed by atoms with E-state index in [2.05, 4.69) is 9.44 Å². The van der Waals surface area contributed by atoms with Crippen LogP contribution in [0, 0.1) is 0 Å². The van der Waals surface area contributed by atoms with Gasteiger partial charge in [-0.05, 0) is 118 Å². The molecule has 2 atom stereocenters. The predicted octanol–water partition coefficient (Wildman–Crippen LogP) is 8.82. The van der Waals surface area contributed by atoms with E-state index in [1.807, 2.05) is 27.7 Å². The fourth-order valence-corrected chi connectivity index (χ4v) is 11.4. The number of aryl methyl sites for hydroxylation is 2. The summed E-state index contributed by atoms with van der Waals surface area (Å²) in [5.41, 5.74) is 5.77. The van der Waals surface area contributed by atoms with Crippen molar-refractivity contribution in [2.45, 2.75) is 61.2 Å². The maximum absolute atomic E-state index is 13.8. The monoisotopic (exact) mass is 1080 g/mol. The minimum Gasteiger partial charge on any atom is -0.478 e. The van der Waals surface area contributed by atoms with Crippen LogP contribution in [0.2, 0.25) is 0 Å². The van der Waals surface area contributed by atoms with Crippen molar-refractivity contribution in [1.82, 2.24) is 18.6 Å². The zero-order valence-electron chi connectivity index (χ0n) is 42.9. The molecule has 77 heavy (non-hydrogen) atoms. The van der Waals surface area contributed by atoms with Crippen molar-refractivity contribution < 1.29 is 64.8 Å². The molecule has 0 radical (unpaired) electrons. The highest BCUT2D eigenvalue weighted by Crippen LogP contribution is 2.41. The first-order valence-corrected chi connectivity index (χ1v) is 27.2. The number of hydrogen-bond acceptors (Lipinski definition) is 13. The summed E-state index contributed by atoms with van der Waals surface area (Å²) in [5.74, 6) is -2.68. The number of nitrogens with zero attached hydrogens (tertiary/aromatic N) is 2. The van der Waals surface area contributed by atoms with E-state index in [0.29, 0.717) is 72.6 Å². The molecule has 6 aromatic carbocycles. The third-order valence-corrected chi connectivity index (χ3v) is 16.2. The fourth-order valence-electron chi connectivity index (χ4n) is 9.36. The van der Waals surface area contributed by atoms with Crippen molar-refractivity contribution >= 4 is 65.6 Å². The van der Waals surface area contributed by atoms with Gasteiger partial charge in [0, 0.05) is 48.3 Å². The van der Waals surface area contributed by atoms with E-state index < -0.39 is 55.6 Å². The van der Waals surface area contributed by atoms with Gasteiger partial charge in [-0.15, -0.1) is 0 Å². The average molecular weight is 1080 g/mol. The van der Waals surface area contributed by atoms with Gasteiger partial charge in [0.2, 0.25) is 25.4 Å². The minimum atomic E-state index is -4.18. The van der Waals surface area contributed by atoms with Gasteiger partial charge in [0.1, 0.15) is 0 Å². The maximum Gasteiger partial charge on any atom is 0.337 e. The smallest absolute Gasteiger partial charge is 0.337 e. The van der Waals surface area contributed by atoms with E-state index in [1.54, 1.807) is 121 Å². The number of amides is 2. The Morgan fingerprint density at radius 3 is 1.29 bits per heavy atom. The molecule has 0 saturated heterocycles. The van der Waals surface area contributed by atoms with E-state index in [4.69, 9.17) is 23.7 Å². The normalized spacial score (nSPS) is 13.5. The van der Waals surface area contributed by atoms with Crippen molar-refractivity contribution in [3.05, 3.63) is 178 Å². The van der Waals surface area contributed by atoms with Crippen molar-refractivity contribution in [1.29, 1.82) is 0 Å². The highest BCUT2D eigenvalue weighted by molar-refractivity contribution is 7.90. The number of hydrogen-bond donors (Lipinski definition) is 3. The molecule has 20 heteroatoms. The van der Waals surface area contributed by atoms with Gasteiger partial charge in [-0.2, -0.15) is 0 Å². The first-order valence-electron chi connectivity index (χ1n) is 24.3. The number of benzene rings is 6. The average Bonchev–Trinajstić information content (AvgIpc) is 4.30. The topological polar surface area (TPSA) is 237 Å². The number of carboxylic acid groups (broad SMARTS) is 1. The molecule has 2 amide bonds. The third kappa shape index (κ3) is 10.8. The molecule has 398 valence electrons. The summed E-state index contributed by atoms with van der Waals surface area (Å²) in [6.07, 6.45) is 3.46. The number of aromatic carboxylic acids is 1. The molecule has 2 aromatic heterocycles. The van der Waals surface area contributed by atoms with Crippen LogP contribution in [-0.2, 0) is 48.5 Å². The van der Waals surface area contributed by atoms with E-state index >= 15 is 0 Å². The number of sulfonamides is 2. The molecule has 0 fully saturated rings. The number of carboxylic acids is 1. The Kier molecular flexibility index (Phi) is 14.6. The standard InChI is InChI=1S/C29H28N2O7S.C28H26N2O7S/c1-17(2)18-5-9-21(10-6-18)39(34,35)30-28(32)27(19-8-12-25-26(14-19)38-16-37-25)23-15-31(3)24-13-20(29(33)36-4)7-11-22(23)24;1-16(2)17-4-8-20(9-5-17)38(34,35)29-27(31)26(18-7-11-24-25(13-18)37-15-36-24)22-14-30(3)23-12-19(28(32)33)6-10-21(22)23/h5-15,17,27H,16H2,1-4H3,(H,30,32);4-14,16,26H,15H2,1-3H3,(H,29,31)(H,32,33). The summed E-state index contributed by atoms with van der Waals surface area (Å²) in [6, 6.07) is 32.6. The number of aromatic nitrogens is 2. The molecule has 0 bridgehead atoms. The number of carbonyl (C=O) groups excluding carboxylic acids is 3. The molecule has 2 aliphatic heterocycles. The van der Waals surface area contributed by atoms with Crippen LogP contribution < -0.4 is 28.4 Å². The minimum absolute atomic E-state index is 0.00896. The van der Waals surface area contributed by atoms with Crippen LogP contribution in [0.15, 0.2) is 144 Å². The molecule has 2 unspecified atom stereocenters. The molecule has 3 N–H and O–H groups in total. The number of rotatable bonds is 14. The lowest BCUT2D eigenvalue weighted by Crippen LogP contribution is -2.35. The van der Waals surface area contributed by atoms with Gasteiger partial charge >= 0.3 is 11.9 Å². The summed E-state index contributed by atoms with van der Waals surface area (Å²) < 4.78 is 87.7. The lowest BCUT2D eigenvalue weighted by Gasteiger charge is -2.18. The van der Waals surface area contributed by atoms with Crippen LogP contribution >= 0.6 is 0 Å². The van der Waals surface area contributed by atoms with Crippen molar-refractivity contribution in [3.8, 4) is 23.0 Å². The molecule has 0 spiro atoms. The second kappa shape index (κ2) is 21.2. The number of nitrogens with one attached hydrogen (secondary N) is 2. The molecule has 10 rings (SSSR count). The second-order valence-corrected chi connectivity index (χ2v) is 22.5. The Hall–Kier alpha value is -8.62. The first kappa shape index (κ1) is 53.2. The molecular weight excluding hydrogens is 1030 g/mol. The maximum atomic E-state index is 13.8. The third-order valence-electron chi connectivity index (χ3n) is 13.5. The summed E-state index contributed by atoms with van der Waals surface area (Å²) in [5, 5.41) is 10.7. The summed E-state index contributed by atoms with van der Waals surface area (Å²) >= 11 is 0. The summed E-state index contributed by atoms with van der Waals surface area (Å²) in [6.45, 7) is 8.14. The zero-order chi connectivity index (χ0) is 55.1. The van der Waals surface area contributed by atoms with E-state index in [0.717, 1.165) is 11.1 Å². The Balaban J connectivity index is 0.000000188. The van der Waals surface area contributed by atoms with Crippen LogP contribution in [-0.4, -0.2) is 75.5 Å². The van der Waals surface area contributed by atoms with Crippen molar-refractivity contribution in [3.63, 3.8) is 0 Å². The van der Waals surface area contributed by atoms with Crippen molar-refractivity contribution in [2.75, 3.05) is 20.7 Å². The number of carbonyl (C=O) groups is 4. The van der Waals surface area contributed by atoms with Crippen LogP contribution in [0.5, 0.6) is 23.0 Å². The molecule has 0 saturated carbocycles. The van der Waals surface area contributed by atoms with Crippen LogP contribution in [0.1, 0.15) is 105 Å². The van der Waals surface area contributed by atoms with Crippen LogP contribution in [0.3, 0.4) is 0 Å². The Morgan fingerprint density at radius 2 is 0.896 bits per heavy atom. The fraction of sp³-hybridized carbons (Fsp3) is 0.228. The summed E-state index contributed by atoms with van der Waals surface area (Å²) in [4.78, 5) is 51.2. The van der Waals surface area contributed by atoms with E-state index in [-0.39, 0.29) is 40.8 Å². The molecule has 18 nitrogen and oxygen atoms in total. The molecule has 2 aliphatic rings. The number of esters is 1. The van der Waals surface area contributed by atoms with Gasteiger partial charge in [-0.3, -0.25) is 9.59 Å². The molecule has 0 aliphatic carbocycles. The van der Waals surface area contributed by atoms with E-state index in [1.165, 1.54) is 43.5 Å². The second-order valence-electron chi connectivity index (χ2n) is 19.1. The predicted molar refractivity (Wildman–Crippen MR) is 285 cm³/mol. The molecule has 4 heterocycles. The Labute approximate surface area is 444 Å². The molecular formula is C57H54N4O14S2. The SMILES string of the molecule is CC(C)c1ccc(S(=O)(=O)NC(=O)C(c2ccc3c(c2)OCO3)c2cn(C)c3cc(C(=O)O)ccc23)cc1.COC(=O)c1ccc2c(C(C(=O)NS(=O)(=O)c3ccc(C(C)C)cc3)c3ccc4c(c3)OCO4)cn(C)c2c1.